The molecule has 1 aromatic rings. The van der Waals surface area contributed by atoms with Crippen molar-refractivity contribution in [3.63, 3.8) is 0 Å². The van der Waals surface area contributed by atoms with Gasteiger partial charge in [-0.05, 0) is 43.2 Å². The molecule has 0 N–H and O–H groups in total. The molecule has 0 amide bonds. The second-order valence-corrected chi connectivity index (χ2v) is 10.8. The average Bonchev–Trinajstić information content (AvgIpc) is 3.15. The van der Waals surface area contributed by atoms with Gasteiger partial charge in [-0.1, -0.05) is 63.3 Å². The maximum atomic E-state index is 12.5. The maximum Gasteiger partial charge on any atom is 0.330 e. The van der Waals surface area contributed by atoms with Gasteiger partial charge in [0.1, 0.15) is 6.61 Å². The number of hydrogen-bond donors (Lipinski definition) is 0. The van der Waals surface area contributed by atoms with E-state index in [4.69, 9.17) is 18.8 Å². The van der Waals surface area contributed by atoms with Crippen LogP contribution < -0.4 is 0 Å². The fraction of sp³-hybridized carbons (Fsp3) is 0.708. The van der Waals surface area contributed by atoms with Gasteiger partial charge >= 0.3 is 7.60 Å². The van der Waals surface area contributed by atoms with Crippen molar-refractivity contribution >= 4 is 13.5 Å². The van der Waals surface area contributed by atoms with Gasteiger partial charge in [-0.25, -0.2) is 4.99 Å². The SMILES string of the molecule is CCCCCCCCc1ccc(CCC2(CCP(=O)(OC)OC)COC(C)=N2)cc1. The van der Waals surface area contributed by atoms with Crippen molar-refractivity contribution in [1.82, 2.24) is 0 Å². The molecule has 0 saturated heterocycles. The van der Waals surface area contributed by atoms with Gasteiger partial charge in [-0.15, -0.1) is 0 Å². The molecule has 6 heteroatoms. The van der Waals surface area contributed by atoms with Crippen LogP contribution in [0, 0.1) is 0 Å². The Morgan fingerprint density at radius 3 is 2.13 bits per heavy atom. The Morgan fingerprint density at radius 1 is 0.967 bits per heavy atom. The van der Waals surface area contributed by atoms with Gasteiger partial charge in [-0.3, -0.25) is 4.57 Å². The molecule has 0 aliphatic carbocycles. The van der Waals surface area contributed by atoms with E-state index in [-0.39, 0.29) is 5.54 Å². The molecule has 1 atom stereocenters. The van der Waals surface area contributed by atoms with Gasteiger partial charge in [-0.2, -0.15) is 0 Å². The number of aryl methyl sites for hydroxylation is 2. The maximum absolute atomic E-state index is 12.5. The van der Waals surface area contributed by atoms with Gasteiger partial charge in [0, 0.05) is 21.1 Å². The minimum Gasteiger partial charge on any atom is -0.479 e. The van der Waals surface area contributed by atoms with E-state index in [0.717, 1.165) is 19.3 Å². The number of rotatable bonds is 15. The van der Waals surface area contributed by atoms with Crippen molar-refractivity contribution in [3.05, 3.63) is 35.4 Å². The van der Waals surface area contributed by atoms with E-state index in [2.05, 4.69) is 31.2 Å². The van der Waals surface area contributed by atoms with Crippen molar-refractivity contribution in [2.24, 2.45) is 4.99 Å². The van der Waals surface area contributed by atoms with Crippen LogP contribution >= 0.6 is 7.60 Å². The van der Waals surface area contributed by atoms with Crippen molar-refractivity contribution in [2.75, 3.05) is 27.0 Å². The first-order chi connectivity index (χ1) is 14.4. The quantitative estimate of drug-likeness (QED) is 0.229. The average molecular weight is 438 g/mol. The normalized spacial score (nSPS) is 19.0. The van der Waals surface area contributed by atoms with Crippen LogP contribution in [0.15, 0.2) is 29.3 Å². The molecular weight excluding hydrogens is 397 g/mol. The lowest BCUT2D eigenvalue weighted by Gasteiger charge is -2.26. The number of unbranched alkanes of at least 4 members (excludes halogenated alkanes) is 5. The van der Waals surface area contributed by atoms with Gasteiger partial charge in [0.05, 0.1) is 11.7 Å². The van der Waals surface area contributed by atoms with E-state index in [1.807, 2.05) is 6.92 Å². The molecule has 2 rings (SSSR count). The van der Waals surface area contributed by atoms with Crippen LogP contribution in [0.4, 0.5) is 0 Å². The van der Waals surface area contributed by atoms with Crippen molar-refractivity contribution in [2.45, 2.75) is 83.6 Å². The molecule has 0 bridgehead atoms. The fourth-order valence-electron chi connectivity index (χ4n) is 3.98. The summed E-state index contributed by atoms with van der Waals surface area (Å²) in [7, 11) is -0.175. The number of benzene rings is 1. The van der Waals surface area contributed by atoms with Gasteiger partial charge < -0.3 is 13.8 Å². The minimum absolute atomic E-state index is 0.345. The highest BCUT2D eigenvalue weighted by atomic mass is 31.2. The molecule has 0 aromatic heterocycles. The first-order valence-electron chi connectivity index (χ1n) is 11.4. The van der Waals surface area contributed by atoms with Gasteiger partial charge in [0.2, 0.25) is 0 Å². The van der Waals surface area contributed by atoms with Crippen LogP contribution in [0.25, 0.3) is 0 Å². The highest BCUT2D eigenvalue weighted by Crippen LogP contribution is 2.49. The minimum atomic E-state index is -3.04. The summed E-state index contributed by atoms with van der Waals surface area (Å²) < 4.78 is 28.3. The molecule has 1 aliphatic rings. The zero-order valence-corrected chi connectivity index (χ0v) is 20.2. The second kappa shape index (κ2) is 12.6. The van der Waals surface area contributed by atoms with E-state index in [0.29, 0.717) is 25.1 Å². The molecule has 170 valence electrons. The van der Waals surface area contributed by atoms with Crippen LogP contribution in [-0.2, 0) is 31.2 Å². The van der Waals surface area contributed by atoms with Gasteiger partial charge in [0.25, 0.3) is 0 Å². The lowest BCUT2D eigenvalue weighted by molar-refractivity contribution is 0.229. The Kier molecular flexibility index (Phi) is 10.6. The standard InChI is InChI=1S/C24H40NO4P/c1-5-6-7-8-9-10-11-22-12-14-23(15-13-22)16-17-24(20-29-21(2)25-24)18-19-30(26,27-3)28-4/h12-15H,5-11,16-20H2,1-4H3. The number of nitrogens with zero attached hydrogens (tertiary/aromatic N) is 1. The summed E-state index contributed by atoms with van der Waals surface area (Å²) in [6.45, 7) is 4.67. The molecular formula is C24H40NO4P. The highest BCUT2D eigenvalue weighted by molar-refractivity contribution is 7.53. The van der Waals surface area contributed by atoms with Crippen molar-refractivity contribution < 1.29 is 18.3 Å². The summed E-state index contributed by atoms with van der Waals surface area (Å²) in [5.74, 6) is 0.703. The Hall–Kier alpha value is -1.16. The number of ether oxygens (including phenoxy) is 1. The molecule has 1 unspecified atom stereocenters. The molecule has 5 nitrogen and oxygen atoms in total. The Balaban J connectivity index is 1.84. The Morgan fingerprint density at radius 2 is 1.57 bits per heavy atom. The van der Waals surface area contributed by atoms with Crippen molar-refractivity contribution in [1.29, 1.82) is 0 Å². The third-order valence-electron chi connectivity index (χ3n) is 6.07. The summed E-state index contributed by atoms with van der Waals surface area (Å²) in [5.41, 5.74) is 2.37. The van der Waals surface area contributed by atoms with Crippen LogP contribution in [0.2, 0.25) is 0 Å². The predicted molar refractivity (Wildman–Crippen MR) is 125 cm³/mol. The summed E-state index contributed by atoms with van der Waals surface area (Å²) >= 11 is 0. The van der Waals surface area contributed by atoms with E-state index in [1.54, 1.807) is 0 Å². The lowest BCUT2D eigenvalue weighted by Crippen LogP contribution is -2.30. The third kappa shape index (κ3) is 8.17. The predicted octanol–water partition coefficient (Wildman–Crippen LogP) is 6.59. The van der Waals surface area contributed by atoms with E-state index in [9.17, 15) is 4.57 Å². The monoisotopic (exact) mass is 437 g/mol. The Bertz CT molecular complexity index is 696. The van der Waals surface area contributed by atoms with Crippen LogP contribution in [0.3, 0.4) is 0 Å². The molecule has 0 saturated carbocycles. The molecule has 0 radical (unpaired) electrons. The zero-order valence-electron chi connectivity index (χ0n) is 19.3. The van der Waals surface area contributed by atoms with Crippen LogP contribution in [0.1, 0.15) is 76.3 Å². The molecule has 1 aliphatic heterocycles. The van der Waals surface area contributed by atoms with E-state index < -0.39 is 7.60 Å². The van der Waals surface area contributed by atoms with Gasteiger partial charge in [0.15, 0.2) is 5.90 Å². The first kappa shape index (κ1) is 25.1. The largest absolute Gasteiger partial charge is 0.479 e. The first-order valence-corrected chi connectivity index (χ1v) is 13.1. The number of aliphatic imine (C=N–C) groups is 1. The summed E-state index contributed by atoms with van der Waals surface area (Å²) in [4.78, 5) is 4.76. The highest BCUT2D eigenvalue weighted by Gasteiger charge is 2.38. The summed E-state index contributed by atoms with van der Waals surface area (Å²) in [5, 5.41) is 0. The van der Waals surface area contributed by atoms with E-state index >= 15 is 0 Å². The Labute approximate surface area is 183 Å². The lowest BCUT2D eigenvalue weighted by atomic mass is 9.90. The molecule has 0 fully saturated rings. The van der Waals surface area contributed by atoms with Crippen molar-refractivity contribution in [3.8, 4) is 0 Å². The molecule has 1 aromatic carbocycles. The number of hydrogen-bond acceptors (Lipinski definition) is 5. The van der Waals surface area contributed by atoms with Crippen LogP contribution in [0.5, 0.6) is 0 Å². The molecule has 0 spiro atoms. The fourth-order valence-corrected chi connectivity index (χ4v) is 5.18. The second-order valence-electron chi connectivity index (χ2n) is 8.43. The van der Waals surface area contributed by atoms with Crippen LogP contribution in [-0.4, -0.2) is 38.4 Å². The smallest absolute Gasteiger partial charge is 0.330 e. The summed E-state index contributed by atoms with van der Waals surface area (Å²) in [6, 6.07) is 9.00. The molecule has 1 heterocycles. The summed E-state index contributed by atoms with van der Waals surface area (Å²) in [6.07, 6.45) is 11.9. The zero-order chi connectivity index (χ0) is 21.9. The topological polar surface area (TPSA) is 57.1 Å². The van der Waals surface area contributed by atoms with E-state index in [1.165, 1.54) is 63.9 Å². The third-order valence-corrected chi connectivity index (χ3v) is 7.96. The molecule has 30 heavy (non-hydrogen) atoms.